The number of hydrogen-bond donors (Lipinski definition) is 2. The van der Waals surface area contributed by atoms with Crippen LogP contribution in [0.4, 0.5) is 0 Å². The minimum atomic E-state index is 0.0192. The smallest absolute Gasteiger partial charge is 0.157 e. The molecule has 1 aromatic rings. The summed E-state index contributed by atoms with van der Waals surface area (Å²) in [5.41, 5.74) is 2.44. The molecule has 0 aliphatic carbocycles. The number of phenols is 2. The minimum Gasteiger partial charge on any atom is -0.504 e. The van der Waals surface area contributed by atoms with E-state index in [1.54, 1.807) is 12.1 Å². The number of nitrogens with zero attached hydrogens (tertiary/aromatic N) is 1. The Bertz CT molecular complexity index is 498. The number of piperidine rings is 1. The molecule has 1 aromatic carbocycles. The SMILES string of the molecule is CC(C)C[C@@H]1CC[C@@H]2c3cc(O)c(O)cc3CCN2C1. The summed E-state index contributed by atoms with van der Waals surface area (Å²) < 4.78 is 0. The zero-order valence-corrected chi connectivity index (χ0v) is 12.5. The third-order valence-corrected chi connectivity index (χ3v) is 4.85. The molecule has 0 amide bonds. The predicted octanol–water partition coefficient (Wildman–Crippen LogP) is 3.45. The fraction of sp³-hybridized carbons (Fsp3) is 0.647. The molecule has 3 nitrogen and oxygen atoms in total. The van der Waals surface area contributed by atoms with Crippen LogP contribution in [0.25, 0.3) is 0 Å². The summed E-state index contributed by atoms with van der Waals surface area (Å²) in [6, 6.07) is 3.97. The quantitative estimate of drug-likeness (QED) is 0.812. The zero-order chi connectivity index (χ0) is 14.3. The van der Waals surface area contributed by atoms with Crippen LogP contribution in [0.3, 0.4) is 0 Å². The molecule has 3 heteroatoms. The van der Waals surface area contributed by atoms with Gasteiger partial charge in [0.15, 0.2) is 11.5 Å². The molecule has 1 saturated heterocycles. The molecule has 3 rings (SSSR count). The minimum absolute atomic E-state index is 0.0192. The molecule has 0 bridgehead atoms. The van der Waals surface area contributed by atoms with Crippen molar-refractivity contribution in [3.8, 4) is 11.5 Å². The second kappa shape index (κ2) is 5.28. The highest BCUT2D eigenvalue weighted by Gasteiger charge is 2.33. The van der Waals surface area contributed by atoms with Crippen LogP contribution in [0.15, 0.2) is 12.1 Å². The predicted molar refractivity (Wildman–Crippen MR) is 80.0 cm³/mol. The molecule has 0 radical (unpaired) electrons. The Morgan fingerprint density at radius 3 is 2.70 bits per heavy atom. The molecule has 2 aliphatic rings. The summed E-state index contributed by atoms with van der Waals surface area (Å²) >= 11 is 0. The van der Waals surface area contributed by atoms with Crippen molar-refractivity contribution in [2.24, 2.45) is 11.8 Å². The van der Waals surface area contributed by atoms with Crippen LogP contribution in [-0.2, 0) is 6.42 Å². The van der Waals surface area contributed by atoms with Gasteiger partial charge in [0.1, 0.15) is 0 Å². The van der Waals surface area contributed by atoms with Crippen LogP contribution < -0.4 is 0 Å². The van der Waals surface area contributed by atoms with Gasteiger partial charge in [-0.05, 0) is 60.8 Å². The van der Waals surface area contributed by atoms with Crippen LogP contribution in [0.1, 0.15) is 50.3 Å². The highest BCUT2D eigenvalue weighted by molar-refractivity contribution is 5.47. The van der Waals surface area contributed by atoms with Crippen molar-refractivity contribution in [1.29, 1.82) is 0 Å². The van der Waals surface area contributed by atoms with Crippen LogP contribution in [0.2, 0.25) is 0 Å². The molecule has 2 N–H and O–H groups in total. The largest absolute Gasteiger partial charge is 0.504 e. The van der Waals surface area contributed by atoms with E-state index in [4.69, 9.17) is 0 Å². The fourth-order valence-electron chi connectivity index (χ4n) is 4.01. The molecule has 0 saturated carbocycles. The van der Waals surface area contributed by atoms with Gasteiger partial charge in [0.2, 0.25) is 0 Å². The Kier molecular flexibility index (Phi) is 3.63. The van der Waals surface area contributed by atoms with E-state index in [2.05, 4.69) is 18.7 Å². The molecule has 2 heterocycles. The van der Waals surface area contributed by atoms with Gasteiger partial charge in [-0.15, -0.1) is 0 Å². The maximum absolute atomic E-state index is 9.77. The molecule has 0 unspecified atom stereocenters. The monoisotopic (exact) mass is 275 g/mol. The van der Waals surface area contributed by atoms with Crippen molar-refractivity contribution in [3.05, 3.63) is 23.3 Å². The highest BCUT2D eigenvalue weighted by atomic mass is 16.3. The van der Waals surface area contributed by atoms with Crippen molar-refractivity contribution in [3.63, 3.8) is 0 Å². The highest BCUT2D eigenvalue weighted by Crippen LogP contribution is 2.42. The number of benzene rings is 1. The average molecular weight is 275 g/mol. The van der Waals surface area contributed by atoms with Gasteiger partial charge in [0.05, 0.1) is 0 Å². The lowest BCUT2D eigenvalue weighted by Gasteiger charge is -2.44. The van der Waals surface area contributed by atoms with Crippen LogP contribution in [-0.4, -0.2) is 28.2 Å². The number of fused-ring (bicyclic) bond motifs is 3. The second-order valence-electron chi connectivity index (χ2n) is 6.87. The molecular formula is C17H25NO2. The first-order valence-corrected chi connectivity index (χ1v) is 7.83. The number of aromatic hydroxyl groups is 2. The number of hydrogen-bond acceptors (Lipinski definition) is 3. The first-order valence-electron chi connectivity index (χ1n) is 7.83. The summed E-state index contributed by atoms with van der Waals surface area (Å²) in [5.74, 6) is 1.63. The average Bonchev–Trinajstić information content (AvgIpc) is 2.39. The first kappa shape index (κ1) is 13.7. The molecule has 2 aliphatic heterocycles. The van der Waals surface area contributed by atoms with E-state index < -0.39 is 0 Å². The van der Waals surface area contributed by atoms with Crippen molar-refractivity contribution >= 4 is 0 Å². The molecule has 1 fully saturated rings. The Morgan fingerprint density at radius 2 is 1.95 bits per heavy atom. The van der Waals surface area contributed by atoms with Gasteiger partial charge in [-0.3, -0.25) is 4.90 Å². The Hall–Kier alpha value is -1.22. The summed E-state index contributed by atoms with van der Waals surface area (Å²) in [6.07, 6.45) is 4.75. The molecule has 2 atom stereocenters. The van der Waals surface area contributed by atoms with E-state index in [9.17, 15) is 10.2 Å². The Labute approximate surface area is 121 Å². The summed E-state index contributed by atoms with van der Waals surface area (Å²) in [7, 11) is 0. The van der Waals surface area contributed by atoms with Crippen LogP contribution in [0.5, 0.6) is 11.5 Å². The molecule has 20 heavy (non-hydrogen) atoms. The third-order valence-electron chi connectivity index (χ3n) is 4.85. The first-order chi connectivity index (χ1) is 9.54. The van der Waals surface area contributed by atoms with Gasteiger partial charge < -0.3 is 10.2 Å². The third kappa shape index (κ3) is 2.51. The van der Waals surface area contributed by atoms with E-state index in [-0.39, 0.29) is 11.5 Å². The number of phenolic OH excluding ortho intramolecular Hbond substituents is 2. The lowest BCUT2D eigenvalue weighted by molar-refractivity contribution is 0.0894. The summed E-state index contributed by atoms with van der Waals surface area (Å²) in [4.78, 5) is 2.58. The molecule has 0 spiro atoms. The normalized spacial score (nSPS) is 26.4. The fourth-order valence-corrected chi connectivity index (χ4v) is 4.01. The number of rotatable bonds is 2. The molecular weight excluding hydrogens is 250 g/mol. The van der Waals surface area contributed by atoms with Gasteiger partial charge in [0, 0.05) is 19.1 Å². The van der Waals surface area contributed by atoms with Crippen molar-refractivity contribution in [2.45, 2.75) is 45.6 Å². The van der Waals surface area contributed by atoms with Crippen molar-refractivity contribution in [1.82, 2.24) is 4.90 Å². The topological polar surface area (TPSA) is 43.7 Å². The van der Waals surface area contributed by atoms with E-state index >= 15 is 0 Å². The van der Waals surface area contributed by atoms with E-state index in [0.29, 0.717) is 6.04 Å². The van der Waals surface area contributed by atoms with E-state index in [1.165, 1.54) is 36.9 Å². The van der Waals surface area contributed by atoms with Gasteiger partial charge in [-0.25, -0.2) is 0 Å². The second-order valence-corrected chi connectivity index (χ2v) is 6.87. The van der Waals surface area contributed by atoms with Gasteiger partial charge in [0.25, 0.3) is 0 Å². The Balaban J connectivity index is 1.80. The van der Waals surface area contributed by atoms with Crippen molar-refractivity contribution < 1.29 is 10.2 Å². The van der Waals surface area contributed by atoms with Crippen LogP contribution in [0, 0.1) is 11.8 Å². The standard InChI is InChI=1S/C17H25NO2/c1-11(2)7-12-3-4-15-14-9-17(20)16(19)8-13(14)5-6-18(15)10-12/h8-9,11-12,15,19-20H,3-7,10H2,1-2H3/t12-,15+/m0/s1. The van der Waals surface area contributed by atoms with Crippen molar-refractivity contribution in [2.75, 3.05) is 13.1 Å². The Morgan fingerprint density at radius 1 is 1.20 bits per heavy atom. The molecule has 0 aromatic heterocycles. The zero-order valence-electron chi connectivity index (χ0n) is 12.5. The van der Waals surface area contributed by atoms with Gasteiger partial charge in [-0.2, -0.15) is 0 Å². The maximum Gasteiger partial charge on any atom is 0.157 e. The van der Waals surface area contributed by atoms with E-state index in [1.807, 2.05) is 0 Å². The van der Waals surface area contributed by atoms with Gasteiger partial charge in [-0.1, -0.05) is 13.8 Å². The molecule has 110 valence electrons. The summed E-state index contributed by atoms with van der Waals surface area (Å²) in [5, 5.41) is 19.4. The van der Waals surface area contributed by atoms with Crippen LogP contribution >= 0.6 is 0 Å². The van der Waals surface area contributed by atoms with Gasteiger partial charge >= 0.3 is 0 Å². The summed E-state index contributed by atoms with van der Waals surface area (Å²) in [6.45, 7) is 6.87. The lowest BCUT2D eigenvalue weighted by Crippen LogP contribution is -2.42. The maximum atomic E-state index is 9.77. The van der Waals surface area contributed by atoms with E-state index in [0.717, 1.165) is 24.8 Å². The lowest BCUT2D eigenvalue weighted by atomic mass is 9.81.